The lowest BCUT2D eigenvalue weighted by Gasteiger charge is -2.13. The summed E-state index contributed by atoms with van der Waals surface area (Å²) in [7, 11) is -2.48. The van der Waals surface area contributed by atoms with Crippen molar-refractivity contribution in [1.29, 1.82) is 0 Å². The Morgan fingerprint density at radius 3 is 2.68 bits per heavy atom. The number of para-hydroxylation sites is 1. The molecular formula is C17H13ClFN3O4S2. The Balaban J connectivity index is 1.99. The highest BCUT2D eigenvalue weighted by atomic mass is 35.5. The van der Waals surface area contributed by atoms with Crippen LogP contribution in [-0.2, 0) is 17.1 Å². The monoisotopic (exact) mass is 441 g/mol. The van der Waals surface area contributed by atoms with Gasteiger partial charge in [0.1, 0.15) is 10.7 Å². The predicted octanol–water partition coefficient (Wildman–Crippen LogP) is 3.86. The lowest BCUT2D eigenvalue weighted by Crippen LogP contribution is -2.15. The average molecular weight is 442 g/mol. The van der Waals surface area contributed by atoms with E-state index >= 15 is 0 Å². The van der Waals surface area contributed by atoms with E-state index in [0.29, 0.717) is 22.2 Å². The van der Waals surface area contributed by atoms with E-state index in [1.807, 2.05) is 0 Å². The average Bonchev–Trinajstić information content (AvgIpc) is 3.00. The van der Waals surface area contributed by atoms with Crippen molar-refractivity contribution in [1.82, 2.24) is 9.55 Å². The van der Waals surface area contributed by atoms with Crippen molar-refractivity contribution in [2.24, 2.45) is 7.05 Å². The molecule has 0 aliphatic carbocycles. The largest absolute Gasteiger partial charge is 0.478 e. The van der Waals surface area contributed by atoms with Crippen molar-refractivity contribution in [2.45, 2.75) is 14.9 Å². The molecule has 0 spiro atoms. The highest BCUT2D eigenvalue weighted by molar-refractivity contribution is 7.99. The van der Waals surface area contributed by atoms with Gasteiger partial charge in [-0.1, -0.05) is 23.7 Å². The number of aryl methyl sites for hydroxylation is 1. The summed E-state index contributed by atoms with van der Waals surface area (Å²) >= 11 is 7.10. The molecule has 7 nitrogen and oxygen atoms in total. The van der Waals surface area contributed by atoms with E-state index in [1.165, 1.54) is 11.8 Å². The molecule has 28 heavy (non-hydrogen) atoms. The summed E-state index contributed by atoms with van der Waals surface area (Å²) in [5, 5.41) is 9.25. The number of benzene rings is 2. The zero-order valence-corrected chi connectivity index (χ0v) is 16.6. The highest BCUT2D eigenvalue weighted by Crippen LogP contribution is 2.34. The predicted molar refractivity (Wildman–Crippen MR) is 103 cm³/mol. The van der Waals surface area contributed by atoms with Crippen LogP contribution < -0.4 is 4.72 Å². The van der Waals surface area contributed by atoms with Crippen molar-refractivity contribution in [3.63, 3.8) is 0 Å². The zero-order valence-electron chi connectivity index (χ0n) is 14.3. The molecule has 146 valence electrons. The fourth-order valence-electron chi connectivity index (χ4n) is 2.29. The summed E-state index contributed by atoms with van der Waals surface area (Å²) in [6, 6.07) is 7.96. The molecule has 0 fully saturated rings. The van der Waals surface area contributed by atoms with Gasteiger partial charge in [0.05, 0.1) is 16.3 Å². The number of anilines is 1. The number of aromatic carboxylic acids is 1. The lowest BCUT2D eigenvalue weighted by molar-refractivity contribution is 0.0691. The van der Waals surface area contributed by atoms with E-state index < -0.39 is 37.3 Å². The van der Waals surface area contributed by atoms with Gasteiger partial charge in [-0.05, 0) is 36.0 Å². The van der Waals surface area contributed by atoms with Crippen molar-refractivity contribution in [3.05, 3.63) is 65.2 Å². The lowest BCUT2D eigenvalue weighted by atomic mass is 10.2. The highest BCUT2D eigenvalue weighted by Gasteiger charge is 2.24. The molecule has 3 rings (SSSR count). The third kappa shape index (κ3) is 4.13. The zero-order chi connectivity index (χ0) is 20.5. The number of rotatable bonds is 6. The number of carbonyl (C=O) groups is 1. The standard InChI is InChI=1S/C17H13ClFN3O4S2/c1-22-7-6-20-17(22)27-14-5-3-2-4-13(14)21-28(25,26)15-8-10(16(23)24)12(19)9-11(15)18/h2-9,21H,1H3,(H,23,24). The van der Waals surface area contributed by atoms with E-state index in [2.05, 4.69) is 9.71 Å². The Bertz CT molecular complexity index is 1160. The number of aromatic nitrogens is 2. The minimum atomic E-state index is -4.28. The number of sulfonamides is 1. The molecule has 0 saturated heterocycles. The smallest absolute Gasteiger partial charge is 0.338 e. The first kappa shape index (κ1) is 20.2. The van der Waals surface area contributed by atoms with E-state index in [4.69, 9.17) is 16.7 Å². The number of nitrogens with one attached hydrogen (secondary N) is 1. The summed E-state index contributed by atoms with van der Waals surface area (Å²) in [6.07, 6.45) is 3.36. The molecule has 0 aliphatic heterocycles. The molecule has 0 amide bonds. The first-order valence-corrected chi connectivity index (χ1v) is 10.4. The van der Waals surface area contributed by atoms with Crippen LogP contribution in [0.2, 0.25) is 5.02 Å². The first-order valence-electron chi connectivity index (χ1n) is 7.68. The Hall–Kier alpha value is -2.56. The molecule has 1 heterocycles. The summed E-state index contributed by atoms with van der Waals surface area (Å²) < 4.78 is 43.4. The van der Waals surface area contributed by atoms with Crippen LogP contribution >= 0.6 is 23.4 Å². The number of hydrogen-bond acceptors (Lipinski definition) is 5. The maximum Gasteiger partial charge on any atom is 0.338 e. The van der Waals surface area contributed by atoms with Gasteiger partial charge in [0, 0.05) is 24.3 Å². The Labute approximate surface area is 169 Å². The molecule has 2 aromatic carbocycles. The molecule has 2 N–H and O–H groups in total. The second-order valence-electron chi connectivity index (χ2n) is 5.59. The number of halogens is 2. The van der Waals surface area contributed by atoms with E-state index in [1.54, 1.807) is 48.3 Å². The van der Waals surface area contributed by atoms with Crippen LogP contribution in [0.5, 0.6) is 0 Å². The van der Waals surface area contributed by atoms with Gasteiger partial charge in [0.25, 0.3) is 10.0 Å². The van der Waals surface area contributed by atoms with Crippen molar-refractivity contribution in [3.8, 4) is 0 Å². The number of carboxylic acid groups (broad SMARTS) is 1. The quantitative estimate of drug-likeness (QED) is 0.602. The maximum atomic E-state index is 13.7. The number of nitrogens with zero attached hydrogens (tertiary/aromatic N) is 2. The molecule has 0 atom stereocenters. The van der Waals surface area contributed by atoms with Crippen LogP contribution in [-0.4, -0.2) is 29.0 Å². The van der Waals surface area contributed by atoms with Gasteiger partial charge in [0.2, 0.25) is 0 Å². The van der Waals surface area contributed by atoms with Crippen molar-refractivity contribution in [2.75, 3.05) is 4.72 Å². The number of hydrogen-bond donors (Lipinski definition) is 2. The Morgan fingerprint density at radius 1 is 1.32 bits per heavy atom. The summed E-state index contributed by atoms with van der Waals surface area (Å²) in [5.41, 5.74) is -0.548. The molecular weight excluding hydrogens is 429 g/mol. The molecule has 0 radical (unpaired) electrons. The van der Waals surface area contributed by atoms with Gasteiger partial charge in [-0.25, -0.2) is 22.6 Å². The Morgan fingerprint density at radius 2 is 2.04 bits per heavy atom. The van der Waals surface area contributed by atoms with Gasteiger partial charge >= 0.3 is 5.97 Å². The van der Waals surface area contributed by atoms with Crippen molar-refractivity contribution < 1.29 is 22.7 Å². The molecule has 11 heteroatoms. The molecule has 0 unspecified atom stereocenters. The first-order chi connectivity index (χ1) is 13.2. The number of imidazole rings is 1. The van der Waals surface area contributed by atoms with Crippen LogP contribution in [0.15, 0.2) is 63.7 Å². The van der Waals surface area contributed by atoms with Gasteiger partial charge in [-0.3, -0.25) is 4.72 Å². The van der Waals surface area contributed by atoms with E-state index in [9.17, 15) is 17.6 Å². The normalized spacial score (nSPS) is 11.4. The van der Waals surface area contributed by atoms with Crippen LogP contribution in [0.1, 0.15) is 10.4 Å². The molecule has 1 aromatic heterocycles. The van der Waals surface area contributed by atoms with Crippen LogP contribution in [0.4, 0.5) is 10.1 Å². The van der Waals surface area contributed by atoms with E-state index in [-0.39, 0.29) is 5.69 Å². The molecule has 3 aromatic rings. The van der Waals surface area contributed by atoms with Crippen LogP contribution in [0, 0.1) is 5.82 Å². The summed E-state index contributed by atoms with van der Waals surface area (Å²) in [6.45, 7) is 0. The Kier molecular flexibility index (Phi) is 5.64. The molecule has 0 aliphatic rings. The van der Waals surface area contributed by atoms with Gasteiger partial charge < -0.3 is 9.67 Å². The second kappa shape index (κ2) is 7.82. The van der Waals surface area contributed by atoms with Crippen LogP contribution in [0.25, 0.3) is 0 Å². The maximum absolute atomic E-state index is 13.7. The van der Waals surface area contributed by atoms with E-state index in [0.717, 1.165) is 0 Å². The third-order valence-corrected chi connectivity index (χ3v) is 6.63. The summed E-state index contributed by atoms with van der Waals surface area (Å²) in [5.74, 6) is -2.72. The second-order valence-corrected chi connectivity index (χ2v) is 8.66. The minimum absolute atomic E-state index is 0.243. The topological polar surface area (TPSA) is 101 Å². The minimum Gasteiger partial charge on any atom is -0.478 e. The SMILES string of the molecule is Cn1ccnc1Sc1ccccc1NS(=O)(=O)c1cc(C(=O)O)c(F)cc1Cl. The fraction of sp³-hybridized carbons (Fsp3) is 0.0588. The number of carboxylic acids is 1. The van der Waals surface area contributed by atoms with Gasteiger partial charge in [-0.2, -0.15) is 0 Å². The molecule has 0 saturated carbocycles. The van der Waals surface area contributed by atoms with Crippen LogP contribution in [0.3, 0.4) is 0 Å². The molecule has 0 bridgehead atoms. The third-order valence-electron chi connectivity index (χ3n) is 3.65. The van der Waals surface area contributed by atoms with Crippen molar-refractivity contribution >= 4 is 45.0 Å². The van der Waals surface area contributed by atoms with Gasteiger partial charge in [-0.15, -0.1) is 0 Å². The van der Waals surface area contributed by atoms with Gasteiger partial charge in [0.15, 0.2) is 5.16 Å². The fourth-order valence-corrected chi connectivity index (χ4v) is 4.86. The summed E-state index contributed by atoms with van der Waals surface area (Å²) in [4.78, 5) is 15.3.